The van der Waals surface area contributed by atoms with Crippen molar-refractivity contribution in [3.63, 3.8) is 0 Å². The van der Waals surface area contributed by atoms with E-state index in [0.29, 0.717) is 16.3 Å². The topological polar surface area (TPSA) is 84.5 Å². The van der Waals surface area contributed by atoms with Crippen LogP contribution in [-0.2, 0) is 20.7 Å². The number of thiophene rings is 1. The summed E-state index contributed by atoms with van der Waals surface area (Å²) in [5.41, 5.74) is 2.91. The van der Waals surface area contributed by atoms with Crippen molar-refractivity contribution in [2.24, 2.45) is 0 Å². The van der Waals surface area contributed by atoms with Gasteiger partial charge >= 0.3 is 5.97 Å². The molecule has 0 aliphatic carbocycles. The number of anilines is 2. The highest BCUT2D eigenvalue weighted by Gasteiger charge is 2.22. The van der Waals surface area contributed by atoms with Crippen LogP contribution in [0.2, 0.25) is 0 Å². The number of hydrogen-bond acceptors (Lipinski definition) is 5. The summed E-state index contributed by atoms with van der Waals surface area (Å²) < 4.78 is 5.16. The first-order chi connectivity index (χ1) is 13.3. The summed E-state index contributed by atoms with van der Waals surface area (Å²) in [7, 11) is 0. The number of ether oxygens (including phenoxy) is 1. The van der Waals surface area contributed by atoms with Crippen LogP contribution in [0.25, 0.3) is 0 Å². The third-order valence-electron chi connectivity index (χ3n) is 4.27. The van der Waals surface area contributed by atoms with Crippen molar-refractivity contribution >= 4 is 39.8 Å². The molecule has 0 unspecified atom stereocenters. The molecule has 1 aromatic carbocycles. The lowest BCUT2D eigenvalue weighted by Gasteiger charge is -2.09. The number of aryl methyl sites for hydroxylation is 2. The summed E-state index contributed by atoms with van der Waals surface area (Å²) in [4.78, 5) is 36.8. The molecular formula is C21H26N2O4S. The van der Waals surface area contributed by atoms with E-state index < -0.39 is 18.5 Å². The molecule has 2 amide bonds. The van der Waals surface area contributed by atoms with Crippen molar-refractivity contribution in [2.45, 2.75) is 47.0 Å². The molecule has 7 heteroatoms. The van der Waals surface area contributed by atoms with Crippen molar-refractivity contribution in [3.05, 3.63) is 45.8 Å². The molecule has 0 saturated heterocycles. The Balaban J connectivity index is 1.94. The first-order valence-electron chi connectivity index (χ1n) is 9.25. The van der Waals surface area contributed by atoms with Gasteiger partial charge in [-0.25, -0.2) is 4.79 Å². The van der Waals surface area contributed by atoms with E-state index in [1.165, 1.54) is 23.8 Å². The predicted octanol–water partition coefficient (Wildman–Crippen LogP) is 4.46. The van der Waals surface area contributed by atoms with Gasteiger partial charge in [-0.3, -0.25) is 9.59 Å². The average Bonchev–Trinajstić information content (AvgIpc) is 2.92. The Kier molecular flexibility index (Phi) is 7.75. The number of nitrogens with one attached hydrogen (secondary N) is 2. The van der Waals surface area contributed by atoms with Crippen molar-refractivity contribution in [1.82, 2.24) is 0 Å². The second-order valence-corrected chi connectivity index (χ2v) is 7.82. The number of benzene rings is 1. The van der Waals surface area contributed by atoms with Gasteiger partial charge in [-0.15, -0.1) is 11.3 Å². The maximum Gasteiger partial charge on any atom is 0.341 e. The highest BCUT2D eigenvalue weighted by atomic mass is 32.1. The minimum absolute atomic E-state index is 0.268. The fourth-order valence-corrected chi connectivity index (χ4v) is 3.75. The van der Waals surface area contributed by atoms with Crippen LogP contribution in [0.4, 0.5) is 10.7 Å². The molecule has 0 bridgehead atoms. The Morgan fingerprint density at radius 2 is 1.75 bits per heavy atom. The minimum Gasteiger partial charge on any atom is -0.452 e. The third-order valence-corrected chi connectivity index (χ3v) is 5.39. The third kappa shape index (κ3) is 5.92. The molecule has 0 fully saturated rings. The van der Waals surface area contributed by atoms with Gasteiger partial charge < -0.3 is 15.4 Å². The second-order valence-electron chi connectivity index (χ2n) is 6.59. The van der Waals surface area contributed by atoms with Crippen molar-refractivity contribution in [2.75, 3.05) is 17.2 Å². The van der Waals surface area contributed by atoms with Crippen LogP contribution in [0.5, 0.6) is 0 Å². The zero-order chi connectivity index (χ0) is 20.7. The largest absolute Gasteiger partial charge is 0.452 e. The second kappa shape index (κ2) is 10.0. The fourth-order valence-electron chi connectivity index (χ4n) is 2.66. The van der Waals surface area contributed by atoms with E-state index in [2.05, 4.69) is 17.6 Å². The SMILES string of the molecule is CCCCc1ccc(NC(=O)COC(=O)c2c(NC(C)=O)sc(C)c2C)cc1. The van der Waals surface area contributed by atoms with E-state index >= 15 is 0 Å². The van der Waals surface area contributed by atoms with Crippen LogP contribution < -0.4 is 10.6 Å². The average molecular weight is 403 g/mol. The van der Waals surface area contributed by atoms with Crippen molar-refractivity contribution < 1.29 is 19.1 Å². The molecule has 2 N–H and O–H groups in total. The van der Waals surface area contributed by atoms with Crippen molar-refractivity contribution in [3.8, 4) is 0 Å². The van der Waals surface area contributed by atoms with Gasteiger partial charge in [0.15, 0.2) is 6.61 Å². The molecule has 0 aliphatic rings. The van der Waals surface area contributed by atoms with E-state index in [0.717, 1.165) is 29.7 Å². The Labute approximate surface area is 169 Å². The maximum atomic E-state index is 12.4. The van der Waals surface area contributed by atoms with Crippen LogP contribution >= 0.6 is 11.3 Å². The van der Waals surface area contributed by atoms with Crippen molar-refractivity contribution in [1.29, 1.82) is 0 Å². The van der Waals surface area contributed by atoms with Crippen LogP contribution in [0, 0.1) is 13.8 Å². The first kappa shape index (κ1) is 21.6. The zero-order valence-corrected chi connectivity index (χ0v) is 17.5. The Hall–Kier alpha value is -2.67. The van der Waals surface area contributed by atoms with E-state index in [9.17, 15) is 14.4 Å². The number of amides is 2. The zero-order valence-electron chi connectivity index (χ0n) is 16.7. The molecule has 2 aromatic rings. The normalized spacial score (nSPS) is 10.4. The molecular weight excluding hydrogens is 376 g/mol. The maximum absolute atomic E-state index is 12.4. The number of hydrogen-bond donors (Lipinski definition) is 2. The molecule has 6 nitrogen and oxygen atoms in total. The molecule has 0 radical (unpaired) electrons. The molecule has 150 valence electrons. The lowest BCUT2D eigenvalue weighted by atomic mass is 10.1. The molecule has 1 heterocycles. The van der Waals surface area contributed by atoms with E-state index in [4.69, 9.17) is 4.74 Å². The number of carbonyl (C=O) groups is 3. The van der Waals surface area contributed by atoms with Gasteiger partial charge in [0.2, 0.25) is 5.91 Å². The van der Waals surface area contributed by atoms with Crippen LogP contribution in [-0.4, -0.2) is 24.4 Å². The Morgan fingerprint density at radius 3 is 2.36 bits per heavy atom. The molecule has 2 rings (SSSR count). The molecule has 0 aliphatic heterocycles. The standard InChI is InChI=1S/C21H26N2O4S/c1-5-6-7-16-8-10-17(11-9-16)23-18(25)12-27-21(26)19-13(2)14(3)28-20(19)22-15(4)24/h8-11H,5-7,12H2,1-4H3,(H,22,24)(H,23,25). The summed E-state index contributed by atoms with van der Waals surface area (Å²) in [5, 5.41) is 5.80. The highest BCUT2D eigenvalue weighted by molar-refractivity contribution is 7.16. The predicted molar refractivity (Wildman–Crippen MR) is 112 cm³/mol. The summed E-state index contributed by atoms with van der Waals surface area (Å²) >= 11 is 1.31. The number of carbonyl (C=O) groups excluding carboxylic acids is 3. The van der Waals surface area contributed by atoms with Gasteiger partial charge in [-0.2, -0.15) is 0 Å². The minimum atomic E-state index is -0.629. The summed E-state index contributed by atoms with van der Waals surface area (Å²) in [5.74, 6) is -1.31. The fraction of sp³-hybridized carbons (Fsp3) is 0.381. The Bertz CT molecular complexity index is 856. The van der Waals surface area contributed by atoms with Crippen LogP contribution in [0.3, 0.4) is 0 Å². The van der Waals surface area contributed by atoms with Gasteiger partial charge in [0.05, 0.1) is 5.56 Å². The molecule has 28 heavy (non-hydrogen) atoms. The lowest BCUT2D eigenvalue weighted by Crippen LogP contribution is -2.21. The number of rotatable bonds is 8. The number of unbranched alkanes of at least 4 members (excludes halogenated alkanes) is 1. The molecule has 0 spiro atoms. The van der Waals surface area contributed by atoms with E-state index in [1.54, 1.807) is 6.92 Å². The summed E-state index contributed by atoms with van der Waals surface area (Å²) in [6.07, 6.45) is 3.28. The monoisotopic (exact) mass is 402 g/mol. The molecule has 1 aromatic heterocycles. The molecule has 0 saturated carbocycles. The van der Waals surface area contributed by atoms with E-state index in [-0.39, 0.29) is 5.91 Å². The van der Waals surface area contributed by atoms with Gasteiger partial charge in [0, 0.05) is 17.5 Å². The van der Waals surface area contributed by atoms with Gasteiger partial charge in [0.25, 0.3) is 5.91 Å². The van der Waals surface area contributed by atoms with Gasteiger partial charge in [-0.1, -0.05) is 25.5 Å². The quantitative estimate of drug-likeness (QED) is 0.639. The summed E-state index contributed by atoms with van der Waals surface area (Å²) in [6.45, 7) is 6.77. The smallest absolute Gasteiger partial charge is 0.341 e. The number of esters is 1. The van der Waals surface area contributed by atoms with Gasteiger partial charge in [-0.05, 0) is 49.9 Å². The molecule has 0 atom stereocenters. The Morgan fingerprint density at radius 1 is 1.07 bits per heavy atom. The van der Waals surface area contributed by atoms with Crippen LogP contribution in [0.15, 0.2) is 24.3 Å². The van der Waals surface area contributed by atoms with E-state index in [1.807, 2.05) is 31.2 Å². The van der Waals surface area contributed by atoms with Gasteiger partial charge in [0.1, 0.15) is 5.00 Å². The highest BCUT2D eigenvalue weighted by Crippen LogP contribution is 2.33. The lowest BCUT2D eigenvalue weighted by molar-refractivity contribution is -0.119. The summed E-state index contributed by atoms with van der Waals surface area (Å²) in [6, 6.07) is 7.64. The first-order valence-corrected chi connectivity index (χ1v) is 10.1. The van der Waals surface area contributed by atoms with Crippen LogP contribution in [0.1, 0.15) is 53.1 Å².